The Bertz CT molecular complexity index is 393. The molecule has 1 aromatic heterocycles. The molecule has 1 atom stereocenters. The zero-order chi connectivity index (χ0) is 13.4. The fraction of sp³-hybridized carbons (Fsp3) is 0.727. The van der Waals surface area contributed by atoms with Gasteiger partial charge in [0, 0.05) is 17.8 Å². The van der Waals surface area contributed by atoms with Gasteiger partial charge >= 0.3 is 6.18 Å². The highest BCUT2D eigenvalue weighted by atomic mass is 19.4. The zero-order valence-corrected chi connectivity index (χ0v) is 10.5. The third kappa shape index (κ3) is 3.00. The molecule has 3 nitrogen and oxygen atoms in total. The second kappa shape index (κ2) is 4.68. The Morgan fingerprint density at radius 3 is 2.24 bits per heavy atom. The van der Waals surface area contributed by atoms with Crippen molar-refractivity contribution in [2.24, 2.45) is 11.7 Å². The van der Waals surface area contributed by atoms with Gasteiger partial charge in [-0.1, -0.05) is 13.8 Å². The molecular formula is C11H18F3N3. The highest BCUT2D eigenvalue weighted by Crippen LogP contribution is 2.33. The van der Waals surface area contributed by atoms with Crippen LogP contribution in [0, 0.1) is 19.8 Å². The van der Waals surface area contributed by atoms with Gasteiger partial charge in [0.25, 0.3) is 0 Å². The van der Waals surface area contributed by atoms with Gasteiger partial charge in [0.1, 0.15) is 6.04 Å². The number of hydrogen-bond donors (Lipinski definition) is 1. The molecule has 17 heavy (non-hydrogen) atoms. The van der Waals surface area contributed by atoms with E-state index in [0.29, 0.717) is 23.9 Å². The van der Waals surface area contributed by atoms with E-state index in [2.05, 4.69) is 5.10 Å². The molecule has 6 heteroatoms. The second-order valence-corrected chi connectivity index (χ2v) is 4.68. The number of alkyl halides is 3. The van der Waals surface area contributed by atoms with E-state index in [-0.39, 0.29) is 5.56 Å². The van der Waals surface area contributed by atoms with E-state index in [4.69, 9.17) is 5.73 Å². The minimum Gasteiger partial charge on any atom is -0.316 e. The first-order valence-electron chi connectivity index (χ1n) is 5.50. The molecule has 0 amide bonds. The SMILES string of the molecule is Cc1nn(CC(C)C)c(C)c1C(N)C(F)(F)F. The highest BCUT2D eigenvalue weighted by Gasteiger charge is 2.40. The van der Waals surface area contributed by atoms with Crippen molar-refractivity contribution >= 4 is 0 Å². The molecule has 2 N–H and O–H groups in total. The maximum Gasteiger partial charge on any atom is 0.407 e. The van der Waals surface area contributed by atoms with Crippen molar-refractivity contribution in [2.75, 3.05) is 0 Å². The topological polar surface area (TPSA) is 43.8 Å². The highest BCUT2D eigenvalue weighted by molar-refractivity contribution is 5.29. The number of hydrogen-bond acceptors (Lipinski definition) is 2. The van der Waals surface area contributed by atoms with Crippen molar-refractivity contribution in [3.05, 3.63) is 17.0 Å². The van der Waals surface area contributed by atoms with Crippen LogP contribution >= 0.6 is 0 Å². The molecule has 0 saturated heterocycles. The Morgan fingerprint density at radius 1 is 1.29 bits per heavy atom. The first-order valence-corrected chi connectivity index (χ1v) is 5.50. The standard InChI is InChI=1S/C11H18F3N3/c1-6(2)5-17-8(4)9(7(3)16-17)10(15)11(12,13)14/h6,10H,5,15H2,1-4H3. The van der Waals surface area contributed by atoms with Crippen molar-refractivity contribution in [1.29, 1.82) is 0 Å². The van der Waals surface area contributed by atoms with Crippen molar-refractivity contribution in [3.8, 4) is 0 Å². The molecule has 0 radical (unpaired) electrons. The lowest BCUT2D eigenvalue weighted by molar-refractivity contribution is -0.149. The van der Waals surface area contributed by atoms with E-state index < -0.39 is 12.2 Å². The number of halogens is 3. The van der Waals surface area contributed by atoms with Crippen LogP contribution < -0.4 is 5.73 Å². The van der Waals surface area contributed by atoms with E-state index >= 15 is 0 Å². The summed E-state index contributed by atoms with van der Waals surface area (Å²) in [5.74, 6) is 0.322. The van der Waals surface area contributed by atoms with Crippen LogP contribution in [0.3, 0.4) is 0 Å². The number of nitrogens with zero attached hydrogens (tertiary/aromatic N) is 2. The van der Waals surface area contributed by atoms with Crippen LogP contribution in [0.15, 0.2) is 0 Å². The van der Waals surface area contributed by atoms with Crippen molar-refractivity contribution in [3.63, 3.8) is 0 Å². The average Bonchev–Trinajstić information content (AvgIpc) is 2.38. The van der Waals surface area contributed by atoms with Crippen LogP contribution in [0.4, 0.5) is 13.2 Å². The van der Waals surface area contributed by atoms with Gasteiger partial charge in [0.2, 0.25) is 0 Å². The summed E-state index contributed by atoms with van der Waals surface area (Å²) >= 11 is 0. The largest absolute Gasteiger partial charge is 0.407 e. The van der Waals surface area contributed by atoms with E-state index in [0.717, 1.165) is 0 Å². The van der Waals surface area contributed by atoms with E-state index in [1.165, 1.54) is 0 Å². The minimum absolute atomic E-state index is 0.0955. The van der Waals surface area contributed by atoms with E-state index in [9.17, 15) is 13.2 Å². The van der Waals surface area contributed by atoms with Gasteiger partial charge in [-0.15, -0.1) is 0 Å². The molecule has 0 aliphatic carbocycles. The number of aryl methyl sites for hydroxylation is 1. The van der Waals surface area contributed by atoms with Gasteiger partial charge in [-0.05, 0) is 19.8 Å². The molecule has 0 aliphatic rings. The summed E-state index contributed by atoms with van der Waals surface area (Å²) in [4.78, 5) is 0. The van der Waals surface area contributed by atoms with Gasteiger partial charge in [-0.3, -0.25) is 4.68 Å². The summed E-state index contributed by atoms with van der Waals surface area (Å²) in [6, 6.07) is -1.96. The zero-order valence-electron chi connectivity index (χ0n) is 10.5. The number of rotatable bonds is 3. The summed E-state index contributed by atoms with van der Waals surface area (Å²) in [7, 11) is 0. The van der Waals surface area contributed by atoms with Crippen LogP contribution in [-0.2, 0) is 6.54 Å². The smallest absolute Gasteiger partial charge is 0.316 e. The molecule has 1 aromatic rings. The van der Waals surface area contributed by atoms with E-state index in [1.807, 2.05) is 13.8 Å². The Morgan fingerprint density at radius 2 is 1.82 bits per heavy atom. The predicted molar refractivity (Wildman–Crippen MR) is 59.5 cm³/mol. The Balaban J connectivity index is 3.13. The number of nitrogens with two attached hydrogens (primary N) is 1. The minimum atomic E-state index is -4.43. The molecule has 98 valence electrons. The molecule has 0 aromatic carbocycles. The molecule has 1 rings (SSSR count). The summed E-state index contributed by atoms with van der Waals surface area (Å²) in [6.07, 6.45) is -4.43. The van der Waals surface area contributed by atoms with Gasteiger partial charge < -0.3 is 5.73 Å². The quantitative estimate of drug-likeness (QED) is 0.895. The Kier molecular flexibility index (Phi) is 3.86. The lowest BCUT2D eigenvalue weighted by atomic mass is 10.1. The van der Waals surface area contributed by atoms with Crippen LogP contribution in [0.5, 0.6) is 0 Å². The molecule has 0 aliphatic heterocycles. The maximum atomic E-state index is 12.6. The van der Waals surface area contributed by atoms with Gasteiger partial charge in [-0.2, -0.15) is 18.3 Å². The van der Waals surface area contributed by atoms with Gasteiger partial charge in [0.15, 0.2) is 0 Å². The van der Waals surface area contributed by atoms with Crippen molar-refractivity contribution < 1.29 is 13.2 Å². The molecule has 0 fully saturated rings. The summed E-state index contributed by atoms with van der Waals surface area (Å²) in [6.45, 7) is 7.75. The van der Waals surface area contributed by atoms with Crippen LogP contribution in [0.25, 0.3) is 0 Å². The normalized spacial score (nSPS) is 14.4. The van der Waals surface area contributed by atoms with Gasteiger partial charge in [-0.25, -0.2) is 0 Å². The second-order valence-electron chi connectivity index (χ2n) is 4.68. The van der Waals surface area contributed by atoms with Crippen LogP contribution in [0.2, 0.25) is 0 Å². The van der Waals surface area contributed by atoms with Gasteiger partial charge in [0.05, 0.1) is 5.69 Å². The number of aromatic nitrogens is 2. The summed E-state index contributed by atoms with van der Waals surface area (Å²) in [5, 5.41) is 4.12. The lowest BCUT2D eigenvalue weighted by Gasteiger charge is -2.16. The van der Waals surface area contributed by atoms with Crippen LogP contribution in [-0.4, -0.2) is 16.0 Å². The molecule has 0 bridgehead atoms. The maximum absolute atomic E-state index is 12.6. The first kappa shape index (κ1) is 14.0. The van der Waals surface area contributed by atoms with Crippen LogP contribution in [0.1, 0.15) is 36.8 Å². The molecule has 0 saturated carbocycles. The molecule has 0 spiro atoms. The fourth-order valence-corrected chi connectivity index (χ4v) is 1.85. The predicted octanol–water partition coefficient (Wildman–Crippen LogP) is 2.72. The van der Waals surface area contributed by atoms with Crippen molar-refractivity contribution in [1.82, 2.24) is 9.78 Å². The van der Waals surface area contributed by atoms with E-state index in [1.54, 1.807) is 18.5 Å². The Labute approximate surface area is 98.8 Å². The third-order valence-corrected chi connectivity index (χ3v) is 2.64. The fourth-order valence-electron chi connectivity index (χ4n) is 1.85. The molecule has 1 heterocycles. The van der Waals surface area contributed by atoms with Crippen molar-refractivity contribution in [2.45, 2.75) is 46.5 Å². The molecular weight excluding hydrogens is 231 g/mol. The summed E-state index contributed by atoms with van der Waals surface area (Å²) in [5.41, 5.74) is 6.19. The first-order chi connectivity index (χ1) is 7.64. The third-order valence-electron chi connectivity index (χ3n) is 2.64. The average molecular weight is 249 g/mol. The Hall–Kier alpha value is -1.04. The monoisotopic (exact) mass is 249 g/mol. The summed E-state index contributed by atoms with van der Waals surface area (Å²) < 4.78 is 39.4. The lowest BCUT2D eigenvalue weighted by Crippen LogP contribution is -2.29. The molecule has 1 unspecified atom stereocenters.